The van der Waals surface area contributed by atoms with Gasteiger partial charge in [-0.3, -0.25) is 4.90 Å². The maximum Gasteiger partial charge on any atom is 0.140 e. The number of benzene rings is 1. The Kier molecular flexibility index (Phi) is 5.03. The molecule has 2 aromatic rings. The SMILES string of the molecule is CC1CN(CCCNc2ncnc3cccc(F)c23)CC(C)O1. The van der Waals surface area contributed by atoms with Gasteiger partial charge in [0.05, 0.1) is 23.1 Å². The summed E-state index contributed by atoms with van der Waals surface area (Å²) in [5.41, 5.74) is 0.623. The predicted octanol–water partition coefficient (Wildman–Crippen LogP) is 2.68. The van der Waals surface area contributed by atoms with E-state index in [-0.39, 0.29) is 18.0 Å². The molecule has 2 heterocycles. The number of halogens is 1. The lowest BCUT2D eigenvalue weighted by atomic mass is 10.2. The van der Waals surface area contributed by atoms with Gasteiger partial charge in [0.15, 0.2) is 0 Å². The van der Waals surface area contributed by atoms with Gasteiger partial charge in [0.2, 0.25) is 0 Å². The van der Waals surface area contributed by atoms with E-state index < -0.39 is 0 Å². The van der Waals surface area contributed by atoms with Gasteiger partial charge in [-0.1, -0.05) is 6.07 Å². The van der Waals surface area contributed by atoms with E-state index in [2.05, 4.69) is 34.0 Å². The van der Waals surface area contributed by atoms with E-state index in [0.29, 0.717) is 16.7 Å². The summed E-state index contributed by atoms with van der Waals surface area (Å²) in [4.78, 5) is 10.7. The first-order chi connectivity index (χ1) is 11.1. The van der Waals surface area contributed by atoms with Crippen LogP contribution < -0.4 is 5.32 Å². The van der Waals surface area contributed by atoms with E-state index in [9.17, 15) is 4.39 Å². The monoisotopic (exact) mass is 318 g/mol. The molecular formula is C17H23FN4O. The zero-order valence-corrected chi connectivity index (χ0v) is 13.6. The minimum Gasteiger partial charge on any atom is -0.373 e. The summed E-state index contributed by atoms with van der Waals surface area (Å²) in [6, 6.07) is 4.89. The lowest BCUT2D eigenvalue weighted by molar-refractivity contribution is -0.0678. The maximum absolute atomic E-state index is 14.0. The number of fused-ring (bicyclic) bond motifs is 1. The Bertz CT molecular complexity index is 651. The first-order valence-corrected chi connectivity index (χ1v) is 8.14. The molecule has 1 aromatic carbocycles. The van der Waals surface area contributed by atoms with Crippen LogP contribution in [0, 0.1) is 5.82 Å². The van der Waals surface area contributed by atoms with Gasteiger partial charge < -0.3 is 10.1 Å². The van der Waals surface area contributed by atoms with Crippen molar-refractivity contribution < 1.29 is 9.13 Å². The van der Waals surface area contributed by atoms with Crippen molar-refractivity contribution >= 4 is 16.7 Å². The summed E-state index contributed by atoms with van der Waals surface area (Å²) in [7, 11) is 0. The fourth-order valence-electron chi connectivity index (χ4n) is 3.18. The van der Waals surface area contributed by atoms with Crippen LogP contribution in [-0.2, 0) is 4.74 Å². The van der Waals surface area contributed by atoms with E-state index in [1.54, 1.807) is 12.1 Å². The zero-order valence-electron chi connectivity index (χ0n) is 13.6. The molecule has 0 aliphatic carbocycles. The smallest absolute Gasteiger partial charge is 0.140 e. The largest absolute Gasteiger partial charge is 0.373 e. The molecule has 2 atom stereocenters. The average molecular weight is 318 g/mol. The number of nitrogens with zero attached hydrogens (tertiary/aromatic N) is 3. The molecule has 0 radical (unpaired) electrons. The van der Waals surface area contributed by atoms with Gasteiger partial charge in [-0.2, -0.15) is 0 Å². The second-order valence-corrected chi connectivity index (χ2v) is 6.15. The molecule has 1 fully saturated rings. The van der Waals surface area contributed by atoms with Gasteiger partial charge in [0.1, 0.15) is 18.0 Å². The fourth-order valence-corrected chi connectivity index (χ4v) is 3.18. The molecule has 6 heteroatoms. The third kappa shape index (κ3) is 3.95. The average Bonchev–Trinajstić information content (AvgIpc) is 2.51. The van der Waals surface area contributed by atoms with E-state index in [0.717, 1.165) is 32.6 Å². The Hall–Kier alpha value is -1.79. The molecule has 1 N–H and O–H groups in total. The summed E-state index contributed by atoms with van der Waals surface area (Å²) in [5.74, 6) is 0.276. The van der Waals surface area contributed by atoms with E-state index in [1.165, 1.54) is 12.4 Å². The Morgan fingerprint density at radius 1 is 1.26 bits per heavy atom. The van der Waals surface area contributed by atoms with E-state index in [1.807, 2.05) is 0 Å². The Balaban J connectivity index is 1.55. The van der Waals surface area contributed by atoms with Gasteiger partial charge in [0, 0.05) is 26.2 Å². The number of anilines is 1. The normalized spacial score (nSPS) is 22.4. The van der Waals surface area contributed by atoms with Crippen molar-refractivity contribution in [2.75, 3.05) is 31.5 Å². The third-order valence-electron chi connectivity index (χ3n) is 4.05. The maximum atomic E-state index is 14.0. The molecule has 2 unspecified atom stereocenters. The number of hydrogen-bond donors (Lipinski definition) is 1. The minimum atomic E-state index is -0.290. The van der Waals surface area contributed by atoms with Crippen molar-refractivity contribution in [3.63, 3.8) is 0 Å². The van der Waals surface area contributed by atoms with Crippen LogP contribution in [0.1, 0.15) is 20.3 Å². The Labute approximate surface area is 135 Å². The quantitative estimate of drug-likeness (QED) is 0.859. The summed E-state index contributed by atoms with van der Waals surface area (Å²) in [5, 5.41) is 3.70. The highest BCUT2D eigenvalue weighted by Crippen LogP contribution is 2.22. The molecule has 0 saturated carbocycles. The molecule has 0 spiro atoms. The Morgan fingerprint density at radius 3 is 2.83 bits per heavy atom. The van der Waals surface area contributed by atoms with Crippen LogP contribution in [0.15, 0.2) is 24.5 Å². The van der Waals surface area contributed by atoms with E-state index in [4.69, 9.17) is 4.74 Å². The first kappa shape index (κ1) is 16.1. The number of nitrogens with one attached hydrogen (secondary N) is 1. The Morgan fingerprint density at radius 2 is 2.04 bits per heavy atom. The summed E-state index contributed by atoms with van der Waals surface area (Å²) in [6.07, 6.45) is 3.01. The van der Waals surface area contributed by atoms with Crippen molar-refractivity contribution in [1.82, 2.24) is 14.9 Å². The minimum absolute atomic E-state index is 0.284. The molecule has 23 heavy (non-hydrogen) atoms. The van der Waals surface area contributed by atoms with Crippen molar-refractivity contribution in [3.8, 4) is 0 Å². The molecule has 0 amide bonds. The summed E-state index contributed by atoms with van der Waals surface area (Å²) < 4.78 is 19.7. The molecule has 1 aliphatic heterocycles. The highest BCUT2D eigenvalue weighted by Gasteiger charge is 2.21. The molecule has 1 aliphatic rings. The standard InChI is InChI=1S/C17H23FN4O/c1-12-9-22(10-13(2)23-12)8-4-7-19-17-16-14(18)5-3-6-15(16)20-11-21-17/h3,5-6,11-13H,4,7-10H2,1-2H3,(H,19,20,21). The van der Waals surface area contributed by atoms with Crippen LogP contribution in [0.2, 0.25) is 0 Å². The van der Waals surface area contributed by atoms with Crippen LogP contribution >= 0.6 is 0 Å². The molecule has 124 valence electrons. The number of ether oxygens (including phenoxy) is 1. The van der Waals surface area contributed by atoms with Gasteiger partial charge in [-0.25, -0.2) is 14.4 Å². The van der Waals surface area contributed by atoms with Crippen LogP contribution in [0.3, 0.4) is 0 Å². The van der Waals surface area contributed by atoms with Crippen LogP contribution in [-0.4, -0.2) is 53.3 Å². The van der Waals surface area contributed by atoms with Crippen molar-refractivity contribution in [1.29, 1.82) is 0 Å². The van der Waals surface area contributed by atoms with Crippen LogP contribution in [0.5, 0.6) is 0 Å². The summed E-state index contributed by atoms with van der Waals surface area (Å²) >= 11 is 0. The topological polar surface area (TPSA) is 50.3 Å². The molecule has 1 saturated heterocycles. The molecule has 1 aromatic heterocycles. The van der Waals surface area contributed by atoms with Gasteiger partial charge in [-0.15, -0.1) is 0 Å². The van der Waals surface area contributed by atoms with Gasteiger partial charge >= 0.3 is 0 Å². The highest BCUT2D eigenvalue weighted by atomic mass is 19.1. The lowest BCUT2D eigenvalue weighted by Crippen LogP contribution is -2.45. The number of aromatic nitrogens is 2. The van der Waals surface area contributed by atoms with Gasteiger partial charge in [0.25, 0.3) is 0 Å². The van der Waals surface area contributed by atoms with Crippen molar-refractivity contribution in [3.05, 3.63) is 30.3 Å². The first-order valence-electron chi connectivity index (χ1n) is 8.14. The highest BCUT2D eigenvalue weighted by molar-refractivity contribution is 5.89. The van der Waals surface area contributed by atoms with E-state index >= 15 is 0 Å². The van der Waals surface area contributed by atoms with Crippen LogP contribution in [0.25, 0.3) is 10.9 Å². The zero-order chi connectivity index (χ0) is 16.2. The lowest BCUT2D eigenvalue weighted by Gasteiger charge is -2.35. The second kappa shape index (κ2) is 7.19. The molecule has 5 nitrogen and oxygen atoms in total. The van der Waals surface area contributed by atoms with Crippen molar-refractivity contribution in [2.24, 2.45) is 0 Å². The predicted molar refractivity (Wildman–Crippen MR) is 89.1 cm³/mol. The summed E-state index contributed by atoms with van der Waals surface area (Å²) in [6.45, 7) is 7.90. The molecular weight excluding hydrogens is 295 g/mol. The fraction of sp³-hybridized carbons (Fsp3) is 0.529. The van der Waals surface area contributed by atoms with Crippen molar-refractivity contribution in [2.45, 2.75) is 32.5 Å². The third-order valence-corrected chi connectivity index (χ3v) is 4.05. The second-order valence-electron chi connectivity index (χ2n) is 6.15. The number of rotatable bonds is 5. The molecule has 3 rings (SSSR count). The molecule has 0 bridgehead atoms. The van der Waals surface area contributed by atoms with Gasteiger partial charge in [-0.05, 0) is 32.4 Å². The van der Waals surface area contributed by atoms with Crippen LogP contribution in [0.4, 0.5) is 10.2 Å². The number of morpholine rings is 1. The number of hydrogen-bond acceptors (Lipinski definition) is 5.